The second kappa shape index (κ2) is 11.4. The standard InChI is InChI=1S/C13H16ClFO2.C9H8FN3/c1-3-5-12(17-13(16)4-2)9-6-7-10(14)11(15)8-9;1-6-8(10)9(13-12-6)7-2-4-11-5-3-7/h6-8,12H,3-5H2,1-2H3;2-5H,1H3,(H,12,13). The first-order valence-electron chi connectivity index (χ1n) is 9.62. The molecule has 1 unspecified atom stereocenters. The van der Waals surface area contributed by atoms with Crippen molar-refractivity contribution in [2.24, 2.45) is 0 Å². The Hall–Kier alpha value is -2.80. The molecule has 0 bridgehead atoms. The Bertz CT molecular complexity index is 964. The average molecular weight is 436 g/mol. The van der Waals surface area contributed by atoms with Crippen LogP contribution in [0.5, 0.6) is 0 Å². The number of H-pyrrole nitrogens is 1. The van der Waals surface area contributed by atoms with Gasteiger partial charge < -0.3 is 4.74 Å². The second-order valence-corrected chi connectivity index (χ2v) is 6.95. The average Bonchev–Trinajstić information content (AvgIpc) is 3.09. The van der Waals surface area contributed by atoms with Crippen molar-refractivity contribution in [1.82, 2.24) is 15.2 Å². The first kappa shape index (κ1) is 23.5. The summed E-state index contributed by atoms with van der Waals surface area (Å²) in [5, 5.41) is 6.52. The van der Waals surface area contributed by atoms with E-state index in [-0.39, 0.29) is 22.9 Å². The van der Waals surface area contributed by atoms with Crippen molar-refractivity contribution >= 4 is 17.6 Å². The van der Waals surface area contributed by atoms with Gasteiger partial charge in [-0.1, -0.05) is 37.9 Å². The van der Waals surface area contributed by atoms with Crippen molar-refractivity contribution in [2.75, 3.05) is 0 Å². The molecule has 3 aromatic rings. The molecule has 0 aliphatic heterocycles. The molecule has 0 aliphatic rings. The van der Waals surface area contributed by atoms with Gasteiger partial charge in [-0.25, -0.2) is 8.78 Å². The van der Waals surface area contributed by atoms with E-state index in [1.54, 1.807) is 44.4 Å². The van der Waals surface area contributed by atoms with Gasteiger partial charge >= 0.3 is 5.97 Å². The summed E-state index contributed by atoms with van der Waals surface area (Å²) >= 11 is 5.61. The molecule has 1 N–H and O–H groups in total. The van der Waals surface area contributed by atoms with Gasteiger partial charge in [0.25, 0.3) is 0 Å². The van der Waals surface area contributed by atoms with Gasteiger partial charge in [-0.05, 0) is 43.2 Å². The van der Waals surface area contributed by atoms with E-state index in [9.17, 15) is 13.6 Å². The monoisotopic (exact) mass is 435 g/mol. The number of benzene rings is 1. The Labute approximate surface area is 179 Å². The van der Waals surface area contributed by atoms with E-state index in [0.29, 0.717) is 29.8 Å². The molecule has 0 amide bonds. The van der Waals surface area contributed by atoms with E-state index in [2.05, 4.69) is 15.2 Å². The van der Waals surface area contributed by atoms with E-state index in [4.69, 9.17) is 16.3 Å². The number of hydrogen-bond donors (Lipinski definition) is 1. The quantitative estimate of drug-likeness (QED) is 0.468. The SMILES string of the molecule is CCCC(OC(=O)CC)c1ccc(Cl)c(F)c1.Cc1[nH]nc(-c2ccncc2)c1F. The van der Waals surface area contributed by atoms with Gasteiger partial charge in [-0.2, -0.15) is 5.10 Å². The summed E-state index contributed by atoms with van der Waals surface area (Å²) < 4.78 is 31.9. The minimum absolute atomic E-state index is 0.0748. The molecule has 160 valence electrons. The van der Waals surface area contributed by atoms with Crippen LogP contribution in [0.2, 0.25) is 5.02 Å². The van der Waals surface area contributed by atoms with Crippen molar-refractivity contribution in [3.8, 4) is 11.3 Å². The Morgan fingerprint density at radius 1 is 1.20 bits per heavy atom. The molecule has 1 aromatic carbocycles. The summed E-state index contributed by atoms with van der Waals surface area (Å²) in [4.78, 5) is 15.1. The fraction of sp³-hybridized carbons (Fsp3) is 0.318. The van der Waals surface area contributed by atoms with E-state index < -0.39 is 5.82 Å². The molecule has 0 saturated carbocycles. The number of aromatic amines is 1. The van der Waals surface area contributed by atoms with Gasteiger partial charge in [-0.3, -0.25) is 14.9 Å². The minimum Gasteiger partial charge on any atom is -0.457 e. The summed E-state index contributed by atoms with van der Waals surface area (Å²) in [6, 6.07) is 7.94. The van der Waals surface area contributed by atoms with Crippen LogP contribution in [0.25, 0.3) is 11.3 Å². The number of esters is 1. The third kappa shape index (κ3) is 6.35. The highest BCUT2D eigenvalue weighted by Crippen LogP contribution is 2.26. The van der Waals surface area contributed by atoms with Crippen LogP contribution in [0.1, 0.15) is 50.5 Å². The number of ether oxygens (including phenoxy) is 1. The Morgan fingerprint density at radius 3 is 2.43 bits per heavy atom. The summed E-state index contributed by atoms with van der Waals surface area (Å²) in [6.45, 7) is 5.36. The topological polar surface area (TPSA) is 67.9 Å². The highest BCUT2D eigenvalue weighted by molar-refractivity contribution is 6.30. The number of hydrogen-bond acceptors (Lipinski definition) is 4. The van der Waals surface area contributed by atoms with Crippen molar-refractivity contribution in [2.45, 2.75) is 46.1 Å². The van der Waals surface area contributed by atoms with Gasteiger partial charge in [0.1, 0.15) is 17.6 Å². The lowest BCUT2D eigenvalue weighted by atomic mass is 10.0. The summed E-state index contributed by atoms with van der Waals surface area (Å²) in [6.07, 6.45) is 4.67. The Balaban J connectivity index is 0.000000220. The van der Waals surface area contributed by atoms with Crippen molar-refractivity contribution < 1.29 is 18.3 Å². The molecule has 3 rings (SSSR count). The molecule has 2 aromatic heterocycles. The van der Waals surface area contributed by atoms with Crippen molar-refractivity contribution in [1.29, 1.82) is 0 Å². The molecule has 5 nitrogen and oxygen atoms in total. The Morgan fingerprint density at radius 2 is 1.90 bits per heavy atom. The van der Waals surface area contributed by atoms with Gasteiger partial charge in [0, 0.05) is 24.4 Å². The molecular formula is C22H24ClF2N3O2. The van der Waals surface area contributed by atoms with Gasteiger partial charge in [0.2, 0.25) is 0 Å². The third-order valence-electron chi connectivity index (χ3n) is 4.25. The lowest BCUT2D eigenvalue weighted by Gasteiger charge is -2.17. The molecule has 8 heteroatoms. The van der Waals surface area contributed by atoms with Crippen LogP contribution in [-0.2, 0) is 9.53 Å². The predicted octanol–water partition coefficient (Wildman–Crippen LogP) is 6.19. The molecule has 30 heavy (non-hydrogen) atoms. The number of nitrogens with one attached hydrogen (secondary N) is 1. The molecule has 0 spiro atoms. The molecule has 0 fully saturated rings. The maximum atomic E-state index is 13.3. The normalized spacial score (nSPS) is 11.4. The van der Waals surface area contributed by atoms with Crippen LogP contribution < -0.4 is 0 Å². The van der Waals surface area contributed by atoms with Crippen LogP contribution in [0.3, 0.4) is 0 Å². The van der Waals surface area contributed by atoms with E-state index in [1.807, 2.05) is 6.92 Å². The number of carbonyl (C=O) groups excluding carboxylic acids is 1. The van der Waals surface area contributed by atoms with Gasteiger partial charge in [0.15, 0.2) is 5.82 Å². The van der Waals surface area contributed by atoms with Crippen LogP contribution in [0, 0.1) is 18.6 Å². The van der Waals surface area contributed by atoms with Gasteiger partial charge in [-0.15, -0.1) is 0 Å². The summed E-state index contributed by atoms with van der Waals surface area (Å²) in [7, 11) is 0. The van der Waals surface area contributed by atoms with Crippen LogP contribution in [-0.4, -0.2) is 21.2 Å². The number of rotatable bonds is 6. The first-order valence-corrected chi connectivity index (χ1v) is 10.00. The molecule has 0 aliphatic carbocycles. The highest BCUT2D eigenvalue weighted by atomic mass is 35.5. The zero-order valence-corrected chi connectivity index (χ0v) is 17.8. The molecule has 0 radical (unpaired) electrons. The second-order valence-electron chi connectivity index (χ2n) is 6.54. The zero-order valence-electron chi connectivity index (χ0n) is 17.1. The summed E-state index contributed by atoms with van der Waals surface area (Å²) in [5.41, 5.74) is 2.18. The number of carbonyl (C=O) groups is 1. The van der Waals surface area contributed by atoms with E-state index in [0.717, 1.165) is 12.0 Å². The van der Waals surface area contributed by atoms with Crippen LogP contribution in [0.4, 0.5) is 8.78 Å². The van der Waals surface area contributed by atoms with Crippen LogP contribution >= 0.6 is 11.6 Å². The molecular weight excluding hydrogens is 412 g/mol. The number of nitrogens with zero attached hydrogens (tertiary/aromatic N) is 2. The number of aromatic nitrogens is 3. The first-order chi connectivity index (χ1) is 14.4. The third-order valence-corrected chi connectivity index (χ3v) is 4.56. The molecule has 2 heterocycles. The molecule has 1 atom stereocenters. The fourth-order valence-electron chi connectivity index (χ4n) is 2.63. The largest absolute Gasteiger partial charge is 0.457 e. The fourth-order valence-corrected chi connectivity index (χ4v) is 2.74. The van der Waals surface area contributed by atoms with Crippen molar-refractivity contribution in [3.05, 3.63) is 70.6 Å². The van der Waals surface area contributed by atoms with Crippen molar-refractivity contribution in [3.63, 3.8) is 0 Å². The maximum absolute atomic E-state index is 13.3. The number of pyridine rings is 1. The summed E-state index contributed by atoms with van der Waals surface area (Å²) in [5.74, 6) is -1.07. The zero-order chi connectivity index (χ0) is 22.1. The highest BCUT2D eigenvalue weighted by Gasteiger charge is 2.16. The van der Waals surface area contributed by atoms with Crippen LogP contribution in [0.15, 0.2) is 42.7 Å². The molecule has 0 saturated heterocycles. The van der Waals surface area contributed by atoms with Gasteiger partial charge in [0.05, 0.1) is 10.7 Å². The minimum atomic E-state index is -0.488. The number of aryl methyl sites for hydroxylation is 1. The smallest absolute Gasteiger partial charge is 0.306 e. The van der Waals surface area contributed by atoms with E-state index >= 15 is 0 Å². The lowest BCUT2D eigenvalue weighted by Crippen LogP contribution is -2.10. The maximum Gasteiger partial charge on any atom is 0.306 e. The Kier molecular flexibility index (Phi) is 8.92. The number of halogens is 3. The lowest BCUT2D eigenvalue weighted by molar-refractivity contribution is -0.149. The van der Waals surface area contributed by atoms with E-state index in [1.165, 1.54) is 12.1 Å². The predicted molar refractivity (Wildman–Crippen MR) is 112 cm³/mol.